The lowest BCUT2D eigenvalue weighted by Crippen LogP contribution is -2.23. The molecule has 6 nitrogen and oxygen atoms in total. The van der Waals surface area contributed by atoms with Gasteiger partial charge in [0.15, 0.2) is 0 Å². The summed E-state index contributed by atoms with van der Waals surface area (Å²) in [6, 6.07) is 0. The zero-order valence-corrected chi connectivity index (χ0v) is 17.1. The number of carbonyl (C=O) groups excluding carboxylic acids is 3. The highest BCUT2D eigenvalue weighted by Crippen LogP contribution is 2.35. The molecule has 0 bridgehead atoms. The number of hydrogen-bond donors (Lipinski definition) is 1. The van der Waals surface area contributed by atoms with E-state index in [-0.39, 0.29) is 30.6 Å². The van der Waals surface area contributed by atoms with Crippen LogP contribution in [-0.4, -0.2) is 31.1 Å². The third kappa shape index (κ3) is 5.56. The third-order valence-corrected chi connectivity index (χ3v) is 5.28. The van der Waals surface area contributed by atoms with Crippen molar-refractivity contribution in [3.8, 4) is 0 Å². The molecule has 0 saturated carbocycles. The Bertz CT molecular complexity index is 638. The average molecular weight is 384 g/mol. The summed E-state index contributed by atoms with van der Waals surface area (Å²) in [5.41, 5.74) is 0.711. The van der Waals surface area contributed by atoms with Crippen molar-refractivity contribution in [1.29, 1.82) is 0 Å². The summed E-state index contributed by atoms with van der Waals surface area (Å²) in [5, 5.41) is 3.19. The molecule has 1 amide bonds. The van der Waals surface area contributed by atoms with Gasteiger partial charge in [-0.25, -0.2) is 9.59 Å². The normalized spacial score (nSPS) is 11.7. The summed E-state index contributed by atoms with van der Waals surface area (Å²) in [5.74, 6) is -1.31. The molecular weight excluding hydrogens is 354 g/mol. The smallest absolute Gasteiger partial charge is 0.348 e. The van der Waals surface area contributed by atoms with Gasteiger partial charge in [-0.1, -0.05) is 26.7 Å². The number of thiophene rings is 1. The van der Waals surface area contributed by atoms with E-state index < -0.39 is 11.9 Å². The number of carbonyl (C=O) groups is 3. The van der Waals surface area contributed by atoms with E-state index >= 15 is 0 Å². The first-order valence-corrected chi connectivity index (χ1v) is 10.0. The Kier molecular flexibility index (Phi) is 9.34. The minimum Gasteiger partial charge on any atom is -0.462 e. The van der Waals surface area contributed by atoms with Crippen LogP contribution in [0, 0.1) is 12.8 Å². The fraction of sp³-hybridized carbons (Fsp3) is 0.632. The highest BCUT2D eigenvalue weighted by molar-refractivity contribution is 7.18. The fourth-order valence-electron chi connectivity index (χ4n) is 2.63. The van der Waals surface area contributed by atoms with Crippen molar-refractivity contribution >= 4 is 34.2 Å². The molecule has 0 saturated heterocycles. The van der Waals surface area contributed by atoms with Crippen molar-refractivity contribution in [2.24, 2.45) is 5.92 Å². The zero-order chi connectivity index (χ0) is 19.7. The van der Waals surface area contributed by atoms with Gasteiger partial charge in [-0.3, -0.25) is 4.79 Å². The van der Waals surface area contributed by atoms with Gasteiger partial charge in [0.25, 0.3) is 0 Å². The van der Waals surface area contributed by atoms with Crippen LogP contribution in [0.4, 0.5) is 5.00 Å². The molecule has 1 rings (SSSR count). The Morgan fingerprint density at radius 3 is 2.19 bits per heavy atom. The number of hydrogen-bond acceptors (Lipinski definition) is 6. The van der Waals surface area contributed by atoms with Crippen LogP contribution in [0.2, 0.25) is 0 Å². The standard InChI is InChI=1S/C19H29NO5S/c1-6-10-11-13(7-2)16(21)20-17-14(18(22)24-8-3)12(5)15(26-17)19(23)25-9-4/h13H,6-11H2,1-5H3,(H,20,21). The first kappa shape index (κ1) is 22.2. The zero-order valence-electron chi connectivity index (χ0n) is 16.3. The Morgan fingerprint density at radius 2 is 1.65 bits per heavy atom. The molecule has 0 radical (unpaired) electrons. The van der Waals surface area contributed by atoms with Gasteiger partial charge in [0.2, 0.25) is 5.91 Å². The van der Waals surface area contributed by atoms with Gasteiger partial charge < -0.3 is 14.8 Å². The van der Waals surface area contributed by atoms with Gasteiger partial charge in [0, 0.05) is 5.92 Å². The lowest BCUT2D eigenvalue weighted by atomic mass is 9.98. The van der Waals surface area contributed by atoms with E-state index in [1.54, 1.807) is 20.8 Å². The quantitative estimate of drug-likeness (QED) is 0.599. The first-order valence-electron chi connectivity index (χ1n) is 9.19. The van der Waals surface area contributed by atoms with Crippen LogP contribution in [0.25, 0.3) is 0 Å². The van der Waals surface area contributed by atoms with E-state index in [1.165, 1.54) is 0 Å². The summed E-state index contributed by atoms with van der Waals surface area (Å²) in [6.45, 7) is 9.59. The van der Waals surface area contributed by atoms with Crippen LogP contribution in [0.3, 0.4) is 0 Å². The van der Waals surface area contributed by atoms with Gasteiger partial charge >= 0.3 is 11.9 Å². The van der Waals surface area contributed by atoms with Crippen molar-refractivity contribution in [2.75, 3.05) is 18.5 Å². The maximum Gasteiger partial charge on any atom is 0.348 e. The number of anilines is 1. The maximum absolute atomic E-state index is 12.6. The Morgan fingerprint density at radius 1 is 1.04 bits per heavy atom. The van der Waals surface area contributed by atoms with E-state index in [0.717, 1.165) is 37.0 Å². The van der Waals surface area contributed by atoms with Crippen LogP contribution in [0.5, 0.6) is 0 Å². The molecule has 0 aromatic carbocycles. The number of nitrogens with one attached hydrogen (secondary N) is 1. The molecule has 7 heteroatoms. The van der Waals surface area contributed by atoms with Crippen LogP contribution < -0.4 is 5.32 Å². The predicted octanol–water partition coefficient (Wildman–Crippen LogP) is 4.56. The fourth-order valence-corrected chi connectivity index (χ4v) is 3.72. The number of amides is 1. The largest absolute Gasteiger partial charge is 0.462 e. The van der Waals surface area contributed by atoms with Crippen LogP contribution in [0.15, 0.2) is 0 Å². The van der Waals surface area contributed by atoms with Crippen molar-refractivity contribution in [3.05, 3.63) is 16.0 Å². The molecule has 0 aliphatic carbocycles. The molecule has 0 aliphatic heterocycles. The minimum absolute atomic E-state index is 0.126. The highest BCUT2D eigenvalue weighted by Gasteiger charge is 2.28. The Balaban J connectivity index is 3.18. The summed E-state index contributed by atoms with van der Waals surface area (Å²) < 4.78 is 10.2. The molecule has 0 fully saturated rings. The van der Waals surface area contributed by atoms with Crippen molar-refractivity contribution in [1.82, 2.24) is 0 Å². The van der Waals surface area contributed by atoms with E-state index in [0.29, 0.717) is 15.4 Å². The van der Waals surface area contributed by atoms with Gasteiger partial charge in [-0.05, 0) is 39.2 Å². The molecule has 26 heavy (non-hydrogen) atoms. The molecule has 146 valence electrons. The summed E-state index contributed by atoms with van der Waals surface area (Å²) >= 11 is 1.06. The molecule has 0 spiro atoms. The minimum atomic E-state index is -0.547. The average Bonchev–Trinajstić information content (AvgIpc) is 2.92. The van der Waals surface area contributed by atoms with Gasteiger partial charge in [-0.2, -0.15) is 0 Å². The second-order valence-electron chi connectivity index (χ2n) is 5.94. The van der Waals surface area contributed by atoms with E-state index in [2.05, 4.69) is 12.2 Å². The molecule has 1 aromatic heterocycles. The van der Waals surface area contributed by atoms with Crippen LogP contribution >= 0.6 is 11.3 Å². The topological polar surface area (TPSA) is 81.7 Å². The number of ether oxygens (including phenoxy) is 2. The van der Waals surface area contributed by atoms with Crippen molar-refractivity contribution in [2.45, 2.75) is 60.3 Å². The SMILES string of the molecule is CCCCC(CC)C(=O)Nc1sc(C(=O)OCC)c(C)c1C(=O)OCC. The van der Waals surface area contributed by atoms with E-state index in [9.17, 15) is 14.4 Å². The number of unbranched alkanes of at least 4 members (excludes halogenated alkanes) is 1. The molecule has 1 heterocycles. The van der Waals surface area contributed by atoms with Crippen LogP contribution in [-0.2, 0) is 14.3 Å². The summed E-state index contributed by atoms with van der Waals surface area (Å²) in [6.07, 6.45) is 3.50. The Labute approximate surface area is 159 Å². The Hall–Kier alpha value is -1.89. The lowest BCUT2D eigenvalue weighted by Gasteiger charge is -2.14. The van der Waals surface area contributed by atoms with Gasteiger partial charge in [0.1, 0.15) is 9.88 Å². The third-order valence-electron chi connectivity index (χ3n) is 4.09. The van der Waals surface area contributed by atoms with Crippen molar-refractivity contribution in [3.63, 3.8) is 0 Å². The summed E-state index contributed by atoms with van der Waals surface area (Å²) in [7, 11) is 0. The van der Waals surface area contributed by atoms with Crippen molar-refractivity contribution < 1.29 is 23.9 Å². The molecule has 1 N–H and O–H groups in total. The maximum atomic E-state index is 12.6. The molecular formula is C19H29NO5S. The van der Waals surface area contributed by atoms with E-state index in [1.807, 2.05) is 6.92 Å². The molecule has 1 atom stereocenters. The highest BCUT2D eigenvalue weighted by atomic mass is 32.1. The molecule has 1 unspecified atom stereocenters. The monoisotopic (exact) mass is 383 g/mol. The lowest BCUT2D eigenvalue weighted by molar-refractivity contribution is -0.120. The number of esters is 2. The predicted molar refractivity (Wildman–Crippen MR) is 103 cm³/mol. The molecule has 1 aromatic rings. The second-order valence-corrected chi connectivity index (χ2v) is 6.96. The van der Waals surface area contributed by atoms with Gasteiger partial charge in [0.05, 0.1) is 18.8 Å². The van der Waals surface area contributed by atoms with E-state index in [4.69, 9.17) is 9.47 Å². The van der Waals surface area contributed by atoms with Gasteiger partial charge in [-0.15, -0.1) is 11.3 Å². The molecule has 0 aliphatic rings. The van der Waals surface area contributed by atoms with Crippen LogP contribution in [0.1, 0.15) is 79.0 Å². The first-order chi connectivity index (χ1) is 12.4. The second kappa shape index (κ2) is 11.0. The number of rotatable bonds is 10. The summed E-state index contributed by atoms with van der Waals surface area (Å²) in [4.78, 5) is 37.4.